The Morgan fingerprint density at radius 2 is 2.09 bits per heavy atom. The molecule has 1 heterocycles. The number of aromatic nitrogens is 2. The summed E-state index contributed by atoms with van der Waals surface area (Å²) in [5.74, 6) is 0.297. The summed E-state index contributed by atoms with van der Waals surface area (Å²) in [6.45, 7) is 1.99. The predicted molar refractivity (Wildman–Crippen MR) is 80.2 cm³/mol. The molecule has 112 valence electrons. The van der Waals surface area contributed by atoms with Gasteiger partial charge < -0.3 is 9.26 Å². The number of benzene rings is 2. The summed E-state index contributed by atoms with van der Waals surface area (Å²) in [6, 6.07) is 11.9. The van der Waals surface area contributed by atoms with E-state index in [4.69, 9.17) is 20.9 Å². The van der Waals surface area contributed by atoms with E-state index in [-0.39, 0.29) is 12.4 Å². The molecule has 0 atom stereocenters. The quantitative estimate of drug-likeness (QED) is 0.714. The van der Waals surface area contributed by atoms with Gasteiger partial charge in [0.1, 0.15) is 0 Å². The summed E-state index contributed by atoms with van der Waals surface area (Å²) in [6.07, 6.45) is 0. The molecule has 0 spiro atoms. The van der Waals surface area contributed by atoms with E-state index in [1.54, 1.807) is 6.07 Å². The first-order valence-electron chi connectivity index (χ1n) is 6.59. The van der Waals surface area contributed by atoms with Gasteiger partial charge >= 0.3 is 0 Å². The molecule has 1 aromatic heterocycles. The van der Waals surface area contributed by atoms with E-state index < -0.39 is 5.82 Å². The minimum absolute atomic E-state index is 0.00781. The molecule has 0 radical (unpaired) electrons. The van der Waals surface area contributed by atoms with Gasteiger partial charge in [0, 0.05) is 10.6 Å². The molecule has 2 aromatic carbocycles. The molecule has 6 heteroatoms. The highest BCUT2D eigenvalue weighted by Crippen LogP contribution is 2.22. The first-order valence-corrected chi connectivity index (χ1v) is 6.97. The Hall–Kier alpha value is -2.40. The van der Waals surface area contributed by atoms with Crippen molar-refractivity contribution in [2.45, 2.75) is 13.5 Å². The van der Waals surface area contributed by atoms with E-state index in [2.05, 4.69) is 10.1 Å². The third-order valence-corrected chi connectivity index (χ3v) is 3.22. The third kappa shape index (κ3) is 3.26. The van der Waals surface area contributed by atoms with Gasteiger partial charge in [-0.25, -0.2) is 4.39 Å². The molecule has 0 bridgehead atoms. The molecule has 0 saturated heterocycles. The minimum atomic E-state index is -0.532. The molecule has 0 fully saturated rings. The van der Waals surface area contributed by atoms with Crippen molar-refractivity contribution in [2.24, 2.45) is 0 Å². The highest BCUT2D eigenvalue weighted by molar-refractivity contribution is 6.30. The standard InChI is InChI=1S/C16H12ClFN2O2/c1-10-3-2-4-11(7-10)16-19-15(20-22-16)9-21-14-6-5-12(17)8-13(14)18/h2-8H,9H2,1H3. The Morgan fingerprint density at radius 1 is 1.23 bits per heavy atom. The number of rotatable bonds is 4. The fourth-order valence-electron chi connectivity index (χ4n) is 1.94. The number of halogens is 2. The van der Waals surface area contributed by atoms with Crippen molar-refractivity contribution in [1.29, 1.82) is 0 Å². The van der Waals surface area contributed by atoms with Gasteiger partial charge in [-0.3, -0.25) is 0 Å². The second kappa shape index (κ2) is 6.15. The number of hydrogen-bond acceptors (Lipinski definition) is 4. The summed E-state index contributed by atoms with van der Waals surface area (Å²) < 4.78 is 24.1. The van der Waals surface area contributed by atoms with Crippen LogP contribution in [0.2, 0.25) is 5.02 Å². The largest absolute Gasteiger partial charge is 0.482 e. The van der Waals surface area contributed by atoms with Gasteiger partial charge in [0.15, 0.2) is 18.2 Å². The van der Waals surface area contributed by atoms with Crippen LogP contribution in [0, 0.1) is 12.7 Å². The zero-order chi connectivity index (χ0) is 15.5. The molecule has 0 aliphatic carbocycles. The maximum atomic E-state index is 13.6. The SMILES string of the molecule is Cc1cccc(-c2nc(COc3ccc(Cl)cc3F)no2)c1. The van der Waals surface area contributed by atoms with Gasteiger partial charge in [-0.15, -0.1) is 0 Å². The van der Waals surface area contributed by atoms with Crippen LogP contribution in [-0.4, -0.2) is 10.1 Å². The van der Waals surface area contributed by atoms with Gasteiger partial charge in [-0.2, -0.15) is 4.98 Å². The Bertz CT molecular complexity index is 804. The number of ether oxygens (including phenoxy) is 1. The molecule has 0 unspecified atom stereocenters. The fraction of sp³-hybridized carbons (Fsp3) is 0.125. The van der Waals surface area contributed by atoms with Crippen molar-refractivity contribution in [3.05, 3.63) is 64.7 Å². The lowest BCUT2D eigenvalue weighted by Gasteiger charge is -2.04. The smallest absolute Gasteiger partial charge is 0.258 e. The third-order valence-electron chi connectivity index (χ3n) is 2.98. The van der Waals surface area contributed by atoms with Crippen LogP contribution in [0.5, 0.6) is 5.75 Å². The lowest BCUT2D eigenvalue weighted by molar-refractivity contribution is 0.274. The predicted octanol–water partition coefficient (Wildman–Crippen LogP) is 4.42. The zero-order valence-corrected chi connectivity index (χ0v) is 12.5. The molecule has 22 heavy (non-hydrogen) atoms. The van der Waals surface area contributed by atoms with Crippen LogP contribution < -0.4 is 4.74 Å². The van der Waals surface area contributed by atoms with Gasteiger partial charge in [-0.1, -0.05) is 34.5 Å². The van der Waals surface area contributed by atoms with Crippen LogP contribution in [-0.2, 0) is 6.61 Å². The monoisotopic (exact) mass is 318 g/mol. The van der Waals surface area contributed by atoms with E-state index in [1.165, 1.54) is 12.1 Å². The second-order valence-electron chi connectivity index (χ2n) is 4.75. The fourth-order valence-corrected chi connectivity index (χ4v) is 2.10. The Kier molecular flexibility index (Phi) is 4.06. The van der Waals surface area contributed by atoms with E-state index in [0.717, 1.165) is 11.1 Å². The van der Waals surface area contributed by atoms with Gasteiger partial charge in [0.25, 0.3) is 5.89 Å². The lowest BCUT2D eigenvalue weighted by atomic mass is 10.1. The summed E-state index contributed by atoms with van der Waals surface area (Å²) >= 11 is 5.68. The van der Waals surface area contributed by atoms with Crippen LogP contribution >= 0.6 is 11.6 Å². The highest BCUT2D eigenvalue weighted by atomic mass is 35.5. The normalized spacial score (nSPS) is 10.7. The molecule has 3 rings (SSSR count). The minimum Gasteiger partial charge on any atom is -0.482 e. The molecule has 0 aliphatic rings. The molecule has 0 N–H and O–H groups in total. The summed E-state index contributed by atoms with van der Waals surface area (Å²) in [7, 11) is 0. The molecular formula is C16H12ClFN2O2. The van der Waals surface area contributed by atoms with Crippen LogP contribution in [0.3, 0.4) is 0 Å². The Morgan fingerprint density at radius 3 is 2.86 bits per heavy atom. The van der Waals surface area contributed by atoms with Crippen molar-refractivity contribution in [2.75, 3.05) is 0 Å². The van der Waals surface area contributed by atoms with Gasteiger partial charge in [-0.05, 0) is 37.3 Å². The number of nitrogens with zero attached hydrogens (tertiary/aromatic N) is 2. The molecule has 0 saturated carbocycles. The highest BCUT2D eigenvalue weighted by Gasteiger charge is 2.11. The van der Waals surface area contributed by atoms with Crippen LogP contribution in [0.1, 0.15) is 11.4 Å². The van der Waals surface area contributed by atoms with E-state index in [1.807, 2.05) is 31.2 Å². The van der Waals surface area contributed by atoms with Crippen molar-refractivity contribution in [1.82, 2.24) is 10.1 Å². The van der Waals surface area contributed by atoms with Crippen molar-refractivity contribution in [3.8, 4) is 17.2 Å². The molecule has 3 aromatic rings. The second-order valence-corrected chi connectivity index (χ2v) is 5.19. The van der Waals surface area contributed by atoms with Gasteiger partial charge in [0.2, 0.25) is 5.82 Å². The lowest BCUT2D eigenvalue weighted by Crippen LogP contribution is -1.99. The average Bonchev–Trinajstić information content (AvgIpc) is 2.95. The molecule has 0 aliphatic heterocycles. The average molecular weight is 319 g/mol. The van der Waals surface area contributed by atoms with E-state index >= 15 is 0 Å². The van der Waals surface area contributed by atoms with Crippen LogP contribution in [0.4, 0.5) is 4.39 Å². The Labute approximate surface area is 131 Å². The molecule has 0 amide bonds. The maximum absolute atomic E-state index is 13.6. The van der Waals surface area contributed by atoms with Crippen molar-refractivity contribution >= 4 is 11.6 Å². The van der Waals surface area contributed by atoms with E-state index in [0.29, 0.717) is 16.7 Å². The van der Waals surface area contributed by atoms with Crippen molar-refractivity contribution in [3.63, 3.8) is 0 Å². The Balaban J connectivity index is 1.72. The van der Waals surface area contributed by atoms with Crippen LogP contribution in [0.15, 0.2) is 47.0 Å². The summed E-state index contributed by atoms with van der Waals surface area (Å²) in [5, 5.41) is 4.14. The first kappa shape index (κ1) is 14.5. The summed E-state index contributed by atoms with van der Waals surface area (Å²) in [5.41, 5.74) is 1.92. The van der Waals surface area contributed by atoms with Gasteiger partial charge in [0.05, 0.1) is 0 Å². The van der Waals surface area contributed by atoms with Crippen LogP contribution in [0.25, 0.3) is 11.5 Å². The first-order chi connectivity index (χ1) is 10.6. The zero-order valence-electron chi connectivity index (χ0n) is 11.7. The molecular weight excluding hydrogens is 307 g/mol. The maximum Gasteiger partial charge on any atom is 0.258 e. The number of aryl methyl sites for hydroxylation is 1. The topological polar surface area (TPSA) is 48.2 Å². The molecule has 4 nitrogen and oxygen atoms in total. The summed E-state index contributed by atoms with van der Waals surface area (Å²) in [4.78, 5) is 4.23. The van der Waals surface area contributed by atoms with E-state index in [9.17, 15) is 4.39 Å². The number of hydrogen-bond donors (Lipinski definition) is 0. The van der Waals surface area contributed by atoms with Crippen molar-refractivity contribution < 1.29 is 13.7 Å².